The van der Waals surface area contributed by atoms with Gasteiger partial charge in [0.1, 0.15) is 18.1 Å². The van der Waals surface area contributed by atoms with Crippen LogP contribution < -0.4 is 16.8 Å². The van der Waals surface area contributed by atoms with E-state index in [2.05, 4.69) is 33.7 Å². The highest BCUT2D eigenvalue weighted by Gasteiger charge is 2.21. The van der Waals surface area contributed by atoms with E-state index in [1.807, 2.05) is 0 Å². The van der Waals surface area contributed by atoms with E-state index in [0.717, 1.165) is 0 Å². The summed E-state index contributed by atoms with van der Waals surface area (Å²) in [4.78, 5) is 63.9. The molecule has 0 rings (SSSR count). The van der Waals surface area contributed by atoms with Gasteiger partial charge in [-0.2, -0.15) is 0 Å². The van der Waals surface area contributed by atoms with Crippen molar-refractivity contribution in [1.29, 1.82) is 0 Å². The number of halogens is 2. The molecule has 0 saturated carbocycles. The third-order valence-corrected chi connectivity index (χ3v) is 3.67. The Morgan fingerprint density at radius 2 is 0.833 bits per heavy atom. The van der Waals surface area contributed by atoms with Crippen LogP contribution in [0.25, 0.3) is 0 Å². The Hall–Kier alpha value is -2.72. The van der Waals surface area contributed by atoms with Crippen LogP contribution in [0, 0.1) is 0 Å². The highest BCUT2D eigenvalue weighted by molar-refractivity contribution is 5.86. The van der Waals surface area contributed by atoms with E-state index in [4.69, 9.17) is 11.5 Å². The molecule has 0 aromatic heterocycles. The van der Waals surface area contributed by atoms with Crippen LogP contribution in [-0.4, -0.2) is 104 Å². The summed E-state index contributed by atoms with van der Waals surface area (Å²) in [6.45, 7) is 0. The van der Waals surface area contributed by atoms with E-state index in [1.165, 1.54) is 42.7 Å². The largest absolute Gasteiger partial charge is 0.469 e. The summed E-state index contributed by atoms with van der Waals surface area (Å²) in [5, 5.41) is 2.64. The number of hydrogen-bond donors (Lipinski definition) is 3. The van der Waals surface area contributed by atoms with Crippen LogP contribution in [0.3, 0.4) is 0 Å². The van der Waals surface area contributed by atoms with Crippen LogP contribution >= 0.6 is 24.8 Å². The molecule has 0 aromatic carbocycles. The van der Waals surface area contributed by atoms with Crippen molar-refractivity contribution in [2.75, 3.05) is 49.7 Å². The fourth-order valence-corrected chi connectivity index (χ4v) is 1.69. The van der Waals surface area contributed by atoms with Gasteiger partial charge in [-0.1, -0.05) is 0 Å². The molecule has 0 saturated heterocycles. The highest BCUT2D eigenvalue weighted by atomic mass is 35.5. The van der Waals surface area contributed by atoms with Gasteiger partial charge in [0.2, 0.25) is 0 Å². The molecule has 5 N–H and O–H groups in total. The van der Waals surface area contributed by atoms with Crippen molar-refractivity contribution >= 4 is 60.6 Å². The summed E-state index contributed by atoms with van der Waals surface area (Å²) in [5.41, 5.74) is 10.5. The minimum Gasteiger partial charge on any atom is -0.469 e. The molecule has 0 unspecified atom stereocenters. The summed E-state index contributed by atoms with van der Waals surface area (Å²) in [5.74, 6) is -3.20. The molecule has 0 fully saturated rings. The first-order valence-electron chi connectivity index (χ1n) is 9.51. The van der Waals surface area contributed by atoms with Gasteiger partial charge in [-0.05, 0) is 7.05 Å². The predicted octanol–water partition coefficient (Wildman–Crippen LogP) is -1.75. The van der Waals surface area contributed by atoms with Gasteiger partial charge in [0.15, 0.2) is 0 Å². The predicted molar refractivity (Wildman–Crippen MR) is 129 cm³/mol. The number of methoxy groups -OCH3 is 6. The van der Waals surface area contributed by atoms with E-state index in [0.29, 0.717) is 0 Å². The van der Waals surface area contributed by atoms with Crippen LogP contribution in [0.2, 0.25) is 0 Å². The van der Waals surface area contributed by atoms with Gasteiger partial charge in [-0.3, -0.25) is 28.8 Å². The lowest BCUT2D eigenvalue weighted by Gasteiger charge is -2.11. The van der Waals surface area contributed by atoms with E-state index >= 15 is 0 Å². The smallest absolute Gasteiger partial charge is 0.323 e. The maximum atomic E-state index is 10.9. The normalized spacial score (nSPS) is 11.2. The maximum absolute atomic E-state index is 10.9. The van der Waals surface area contributed by atoms with E-state index < -0.39 is 53.9 Å². The van der Waals surface area contributed by atoms with Crippen LogP contribution in [0.15, 0.2) is 0 Å². The first-order valence-corrected chi connectivity index (χ1v) is 9.51. The Morgan fingerprint density at radius 1 is 0.556 bits per heavy atom. The topological polar surface area (TPSA) is 222 Å². The van der Waals surface area contributed by atoms with Crippen molar-refractivity contribution in [1.82, 2.24) is 5.32 Å². The lowest BCUT2D eigenvalue weighted by Crippen LogP contribution is -2.37. The lowest BCUT2D eigenvalue weighted by atomic mass is 10.2. The number of carbonyl (C=O) groups excluding carboxylic acids is 6. The van der Waals surface area contributed by atoms with E-state index in [-0.39, 0.29) is 44.1 Å². The second kappa shape index (κ2) is 26.9. The van der Waals surface area contributed by atoms with Crippen molar-refractivity contribution < 1.29 is 57.2 Å². The SMILES string of the molecule is CN[C@@H](CC(=O)OC)C(=O)OC.COC(=O)C[C@H](N)C(=O)OC.COC(=O)C[C@H](N)C(=O)OC.Cl.Cl. The Kier molecular flexibility index (Phi) is 32.4. The molecule has 36 heavy (non-hydrogen) atoms. The zero-order valence-electron chi connectivity index (χ0n) is 21.2. The van der Waals surface area contributed by atoms with Gasteiger partial charge >= 0.3 is 35.8 Å². The van der Waals surface area contributed by atoms with Crippen LogP contribution in [-0.2, 0) is 57.2 Å². The second-order valence-electron chi connectivity index (χ2n) is 5.96. The first-order chi connectivity index (χ1) is 15.9. The van der Waals surface area contributed by atoms with Gasteiger partial charge in [0, 0.05) is 0 Å². The van der Waals surface area contributed by atoms with Crippen molar-refractivity contribution in [2.24, 2.45) is 11.5 Å². The highest BCUT2D eigenvalue weighted by Crippen LogP contribution is 1.96. The number of carbonyl (C=O) groups is 6. The summed E-state index contributed by atoms with van der Waals surface area (Å²) in [6.07, 6.45) is -0.313. The van der Waals surface area contributed by atoms with Crippen LogP contribution in [0.4, 0.5) is 0 Å². The third kappa shape index (κ3) is 23.0. The monoisotopic (exact) mass is 569 g/mol. The number of ether oxygens (including phenoxy) is 6. The molecule has 17 heteroatoms. The summed E-state index contributed by atoms with van der Waals surface area (Å²) in [7, 11) is 8.98. The molecule has 0 aromatic rings. The van der Waals surface area contributed by atoms with E-state index in [1.54, 1.807) is 7.05 Å². The van der Waals surface area contributed by atoms with Crippen molar-refractivity contribution in [2.45, 2.75) is 37.4 Å². The lowest BCUT2D eigenvalue weighted by molar-refractivity contribution is -0.149. The number of rotatable bonds is 10. The Bertz CT molecular complexity index is 632. The molecule has 0 bridgehead atoms. The average Bonchev–Trinajstić information content (AvgIpc) is 2.85. The third-order valence-electron chi connectivity index (χ3n) is 3.67. The van der Waals surface area contributed by atoms with Gasteiger partial charge in [-0.15, -0.1) is 24.8 Å². The van der Waals surface area contributed by atoms with Gasteiger partial charge in [0.25, 0.3) is 0 Å². The van der Waals surface area contributed by atoms with Crippen LogP contribution in [0.1, 0.15) is 19.3 Å². The molecule has 0 aliphatic carbocycles. The number of hydrogen-bond acceptors (Lipinski definition) is 15. The molecule has 3 atom stereocenters. The molecule has 214 valence electrons. The molecule has 0 aliphatic rings. The molecular weight excluding hydrogens is 533 g/mol. The molecule has 0 radical (unpaired) electrons. The minimum atomic E-state index is -0.924. The minimum absolute atomic E-state index is 0. The molecule has 0 heterocycles. The zero-order chi connectivity index (χ0) is 27.3. The molecule has 0 aliphatic heterocycles. The molecule has 0 amide bonds. The molecular formula is C19H37Cl2N3O12. The second-order valence-corrected chi connectivity index (χ2v) is 5.96. The van der Waals surface area contributed by atoms with E-state index in [9.17, 15) is 28.8 Å². The maximum Gasteiger partial charge on any atom is 0.323 e. The van der Waals surface area contributed by atoms with Gasteiger partial charge in [-0.25, -0.2) is 0 Å². The Labute approximate surface area is 222 Å². The number of likely N-dealkylation sites (N-methyl/N-ethyl adjacent to an activating group) is 1. The average molecular weight is 570 g/mol. The summed E-state index contributed by atoms with van der Waals surface area (Å²) >= 11 is 0. The van der Waals surface area contributed by atoms with Crippen LogP contribution in [0.5, 0.6) is 0 Å². The van der Waals surface area contributed by atoms with Crippen molar-refractivity contribution in [3.05, 3.63) is 0 Å². The van der Waals surface area contributed by atoms with Crippen molar-refractivity contribution in [3.8, 4) is 0 Å². The Morgan fingerprint density at radius 3 is 1.06 bits per heavy atom. The molecule has 0 spiro atoms. The first kappa shape index (κ1) is 43.4. The fraction of sp³-hybridized carbons (Fsp3) is 0.684. The van der Waals surface area contributed by atoms with Gasteiger partial charge < -0.3 is 45.2 Å². The zero-order valence-corrected chi connectivity index (χ0v) is 22.9. The number of esters is 6. The van der Waals surface area contributed by atoms with Crippen molar-refractivity contribution in [3.63, 3.8) is 0 Å². The summed E-state index contributed by atoms with van der Waals surface area (Å²) < 4.78 is 26.0. The standard InChI is InChI=1S/C7H13NO4.2C6H11NO4.2ClH/c1-8-5(7(10)12-3)4-6(9)11-2;2*1-10-5(8)3-4(7)6(9)11-2;;/h5,8H,4H2,1-3H3;2*4H,3,7H2,1-2H3;2*1H/t5-;2*4-;;/m000../s1. The fourth-order valence-electron chi connectivity index (χ4n) is 1.69. The Balaban J connectivity index is -0.000000130. The summed E-state index contributed by atoms with van der Waals surface area (Å²) in [6, 6.07) is -2.47. The van der Waals surface area contributed by atoms with Gasteiger partial charge in [0.05, 0.1) is 61.9 Å². The number of nitrogens with one attached hydrogen (secondary N) is 1. The number of nitrogens with two attached hydrogens (primary N) is 2. The molecule has 15 nitrogen and oxygen atoms in total. The quantitative estimate of drug-likeness (QED) is 0.196.